The topological polar surface area (TPSA) is 79.7 Å². The molecule has 0 bridgehead atoms. The van der Waals surface area contributed by atoms with E-state index < -0.39 is 0 Å². The fraction of sp³-hybridized carbons (Fsp3) is 0.444. The van der Waals surface area contributed by atoms with Crippen LogP contribution in [0.15, 0.2) is 12.7 Å². The highest BCUT2D eigenvalue weighted by atomic mass is 16.3. The first-order valence-electron chi connectivity index (χ1n) is 4.83. The molecule has 2 aromatic rings. The Morgan fingerprint density at radius 2 is 2.07 bits per heavy atom. The highest BCUT2D eigenvalue weighted by Crippen LogP contribution is 2.03. The molecule has 15 heavy (non-hydrogen) atoms. The van der Waals surface area contributed by atoms with Gasteiger partial charge < -0.3 is 14.2 Å². The Bertz CT molecular complexity index is 527. The van der Waals surface area contributed by atoms with Crippen LogP contribution in [0.1, 0.15) is 6.92 Å². The van der Waals surface area contributed by atoms with Crippen molar-refractivity contribution in [2.24, 2.45) is 0 Å². The van der Waals surface area contributed by atoms with Crippen LogP contribution in [0, 0.1) is 5.41 Å². The fourth-order valence-electron chi connectivity index (χ4n) is 1.51. The molecule has 0 aliphatic heterocycles. The number of aromatic nitrogens is 4. The van der Waals surface area contributed by atoms with Gasteiger partial charge in [-0.15, -0.1) is 0 Å². The number of fused-ring (bicyclic) bond motifs is 1. The van der Waals surface area contributed by atoms with E-state index in [1.54, 1.807) is 17.2 Å². The zero-order valence-corrected chi connectivity index (χ0v) is 8.51. The first-order chi connectivity index (χ1) is 7.27. The van der Waals surface area contributed by atoms with Gasteiger partial charge in [0.15, 0.2) is 11.1 Å². The molecule has 0 aromatic carbocycles. The van der Waals surface area contributed by atoms with Gasteiger partial charge in [-0.05, 0) is 6.92 Å². The highest BCUT2D eigenvalue weighted by Gasteiger charge is 2.06. The van der Waals surface area contributed by atoms with Crippen LogP contribution in [0.3, 0.4) is 0 Å². The van der Waals surface area contributed by atoms with E-state index in [0.717, 1.165) is 12.2 Å². The third-order valence-electron chi connectivity index (χ3n) is 2.32. The Kier molecular flexibility index (Phi) is 2.51. The molecule has 0 aliphatic carbocycles. The number of hydrogen-bond donors (Lipinski definition) is 2. The van der Waals surface area contributed by atoms with Gasteiger partial charge >= 0.3 is 0 Å². The van der Waals surface area contributed by atoms with Gasteiger partial charge in [-0.2, -0.15) is 0 Å². The molecule has 0 aliphatic rings. The standard InChI is InChI=1S/C9H13N5O/c1-2-13-5-11-7-8(10)14(3-4-15)6-12-9(7)13/h5-6,10,15H,2-4H2,1H3. The van der Waals surface area contributed by atoms with E-state index in [-0.39, 0.29) is 6.61 Å². The largest absolute Gasteiger partial charge is 0.395 e. The van der Waals surface area contributed by atoms with E-state index in [9.17, 15) is 0 Å². The maximum Gasteiger partial charge on any atom is 0.165 e. The van der Waals surface area contributed by atoms with Crippen LogP contribution >= 0.6 is 0 Å². The van der Waals surface area contributed by atoms with E-state index >= 15 is 0 Å². The van der Waals surface area contributed by atoms with Gasteiger partial charge in [-0.1, -0.05) is 0 Å². The number of rotatable bonds is 3. The van der Waals surface area contributed by atoms with Crippen molar-refractivity contribution in [3.05, 3.63) is 18.1 Å². The number of aliphatic hydroxyl groups excluding tert-OH is 1. The Balaban J connectivity index is 2.65. The Labute approximate surface area is 86.3 Å². The molecule has 6 nitrogen and oxygen atoms in total. The number of hydrogen-bond acceptors (Lipinski definition) is 4. The quantitative estimate of drug-likeness (QED) is 0.726. The van der Waals surface area contributed by atoms with Crippen molar-refractivity contribution in [1.29, 1.82) is 5.41 Å². The second kappa shape index (κ2) is 3.82. The van der Waals surface area contributed by atoms with Crippen LogP contribution in [-0.4, -0.2) is 30.8 Å². The van der Waals surface area contributed by atoms with Gasteiger partial charge in [0.05, 0.1) is 19.3 Å². The molecule has 0 fully saturated rings. The molecule has 2 N–H and O–H groups in total. The van der Waals surface area contributed by atoms with Crippen LogP contribution in [-0.2, 0) is 13.1 Å². The normalized spacial score (nSPS) is 11.1. The zero-order valence-electron chi connectivity index (χ0n) is 8.51. The van der Waals surface area contributed by atoms with E-state index in [4.69, 9.17) is 10.5 Å². The molecule has 0 saturated heterocycles. The van der Waals surface area contributed by atoms with Crippen LogP contribution in [0.5, 0.6) is 0 Å². The van der Waals surface area contributed by atoms with Crippen LogP contribution in [0.4, 0.5) is 0 Å². The fourth-order valence-corrected chi connectivity index (χ4v) is 1.51. The van der Waals surface area contributed by atoms with E-state index in [0.29, 0.717) is 17.5 Å². The van der Waals surface area contributed by atoms with Gasteiger partial charge in [-0.3, -0.25) is 5.41 Å². The van der Waals surface area contributed by atoms with Crippen LogP contribution in [0.25, 0.3) is 11.2 Å². The lowest BCUT2D eigenvalue weighted by Gasteiger charge is -2.04. The molecule has 2 heterocycles. The predicted molar refractivity (Wildman–Crippen MR) is 54.1 cm³/mol. The zero-order chi connectivity index (χ0) is 10.8. The van der Waals surface area contributed by atoms with Crippen molar-refractivity contribution >= 4 is 11.2 Å². The number of nitrogens with zero attached hydrogens (tertiary/aromatic N) is 4. The molecule has 2 aromatic heterocycles. The summed E-state index contributed by atoms with van der Waals surface area (Å²) in [5.74, 6) is 0. The summed E-state index contributed by atoms with van der Waals surface area (Å²) in [5.41, 5.74) is 1.59. The minimum atomic E-state index is -0.00177. The summed E-state index contributed by atoms with van der Waals surface area (Å²) in [6.07, 6.45) is 3.24. The minimum Gasteiger partial charge on any atom is -0.395 e. The summed E-state index contributed by atoms with van der Waals surface area (Å²) in [7, 11) is 0. The molecule has 0 radical (unpaired) electrons. The molecular weight excluding hydrogens is 194 g/mol. The highest BCUT2D eigenvalue weighted by molar-refractivity contribution is 5.68. The molecule has 2 rings (SSSR count). The molecule has 80 valence electrons. The Hall–Kier alpha value is -1.69. The smallest absolute Gasteiger partial charge is 0.165 e. The first-order valence-corrected chi connectivity index (χ1v) is 4.83. The molecule has 0 saturated carbocycles. The van der Waals surface area contributed by atoms with Crippen molar-refractivity contribution in [2.45, 2.75) is 20.0 Å². The number of nitrogens with one attached hydrogen (secondary N) is 1. The lowest BCUT2D eigenvalue weighted by Crippen LogP contribution is -2.22. The summed E-state index contributed by atoms with van der Waals surface area (Å²) >= 11 is 0. The van der Waals surface area contributed by atoms with E-state index in [1.807, 2.05) is 11.5 Å². The van der Waals surface area contributed by atoms with Gasteiger partial charge in [0.1, 0.15) is 5.52 Å². The van der Waals surface area contributed by atoms with Crippen molar-refractivity contribution < 1.29 is 5.11 Å². The average Bonchev–Trinajstić information content (AvgIpc) is 2.66. The average molecular weight is 207 g/mol. The molecule has 0 amide bonds. The molecule has 0 spiro atoms. The van der Waals surface area contributed by atoms with Crippen molar-refractivity contribution in [3.8, 4) is 0 Å². The maximum absolute atomic E-state index is 8.81. The summed E-state index contributed by atoms with van der Waals surface area (Å²) in [5, 5.41) is 16.7. The van der Waals surface area contributed by atoms with E-state index in [1.165, 1.54) is 0 Å². The molecule has 0 unspecified atom stereocenters. The second-order valence-electron chi connectivity index (χ2n) is 3.21. The Morgan fingerprint density at radius 3 is 2.73 bits per heavy atom. The van der Waals surface area contributed by atoms with Gasteiger partial charge in [-0.25, -0.2) is 9.97 Å². The monoisotopic (exact) mass is 207 g/mol. The van der Waals surface area contributed by atoms with Crippen molar-refractivity contribution in [3.63, 3.8) is 0 Å². The Morgan fingerprint density at radius 1 is 1.33 bits per heavy atom. The summed E-state index contributed by atoms with van der Waals surface area (Å²) in [6.45, 7) is 3.16. The second-order valence-corrected chi connectivity index (χ2v) is 3.21. The molecule has 0 atom stereocenters. The van der Waals surface area contributed by atoms with Crippen LogP contribution in [0.2, 0.25) is 0 Å². The van der Waals surface area contributed by atoms with Crippen LogP contribution < -0.4 is 5.49 Å². The predicted octanol–water partition coefficient (Wildman–Crippen LogP) is -0.276. The molecular formula is C9H13N5O. The third kappa shape index (κ3) is 1.52. The lowest BCUT2D eigenvalue weighted by molar-refractivity contribution is 0.273. The van der Waals surface area contributed by atoms with Gasteiger partial charge in [0, 0.05) is 13.1 Å². The molecule has 6 heteroatoms. The first kappa shape index (κ1) is 9.85. The number of aliphatic hydroxyl groups is 1. The summed E-state index contributed by atoms with van der Waals surface area (Å²) in [6, 6.07) is 0. The maximum atomic E-state index is 8.81. The van der Waals surface area contributed by atoms with E-state index in [2.05, 4.69) is 9.97 Å². The summed E-state index contributed by atoms with van der Waals surface area (Å²) in [4.78, 5) is 8.37. The minimum absolute atomic E-state index is 0.00177. The number of imidazole rings is 1. The number of aryl methyl sites for hydroxylation is 1. The SMILES string of the molecule is CCn1cnc2c(=N)n(CCO)cnc21. The van der Waals surface area contributed by atoms with Gasteiger partial charge in [0.25, 0.3) is 0 Å². The van der Waals surface area contributed by atoms with Crippen molar-refractivity contribution in [2.75, 3.05) is 6.61 Å². The summed E-state index contributed by atoms with van der Waals surface area (Å²) < 4.78 is 3.46. The lowest BCUT2D eigenvalue weighted by atomic mass is 10.5. The van der Waals surface area contributed by atoms with Gasteiger partial charge in [0.2, 0.25) is 0 Å². The van der Waals surface area contributed by atoms with Crippen molar-refractivity contribution in [1.82, 2.24) is 19.1 Å². The third-order valence-corrected chi connectivity index (χ3v) is 2.32.